The van der Waals surface area contributed by atoms with Gasteiger partial charge in [-0.15, -0.1) is 0 Å². The molecule has 102 valence electrons. The highest BCUT2D eigenvalue weighted by molar-refractivity contribution is 8.13. The van der Waals surface area contributed by atoms with Crippen molar-refractivity contribution in [3.05, 3.63) is 23.8 Å². The lowest BCUT2D eigenvalue weighted by molar-refractivity contribution is -0.138. The Morgan fingerprint density at radius 1 is 1.37 bits per heavy atom. The lowest BCUT2D eigenvalue weighted by Crippen LogP contribution is -2.12. The SMILES string of the molecule is CC(=O)SCC[C@H](C(=O)O)c1ccc2c(c1)OCO2. The molecule has 1 atom stereocenters. The average Bonchev–Trinajstić information content (AvgIpc) is 2.80. The van der Waals surface area contributed by atoms with E-state index in [4.69, 9.17) is 9.47 Å². The van der Waals surface area contributed by atoms with Gasteiger partial charge in [0.15, 0.2) is 16.6 Å². The summed E-state index contributed by atoms with van der Waals surface area (Å²) in [5.41, 5.74) is 0.668. The second kappa shape index (κ2) is 5.97. The van der Waals surface area contributed by atoms with Crippen molar-refractivity contribution in [2.45, 2.75) is 19.3 Å². The Morgan fingerprint density at radius 2 is 2.11 bits per heavy atom. The van der Waals surface area contributed by atoms with Crippen LogP contribution in [0.5, 0.6) is 11.5 Å². The van der Waals surface area contributed by atoms with Gasteiger partial charge < -0.3 is 14.6 Å². The molecule has 0 bridgehead atoms. The fourth-order valence-corrected chi connectivity index (χ4v) is 2.52. The number of ether oxygens (including phenoxy) is 2. The van der Waals surface area contributed by atoms with E-state index in [1.165, 1.54) is 6.92 Å². The van der Waals surface area contributed by atoms with Gasteiger partial charge in [0, 0.05) is 12.7 Å². The first-order valence-corrected chi connectivity index (χ1v) is 6.82. The highest BCUT2D eigenvalue weighted by Gasteiger charge is 2.23. The molecule has 0 unspecified atom stereocenters. The zero-order valence-electron chi connectivity index (χ0n) is 10.4. The summed E-state index contributed by atoms with van der Waals surface area (Å²) in [6.07, 6.45) is 0.402. The van der Waals surface area contributed by atoms with Gasteiger partial charge in [0.1, 0.15) is 0 Å². The van der Waals surface area contributed by atoms with E-state index in [-0.39, 0.29) is 11.9 Å². The Balaban J connectivity index is 2.10. The number of aliphatic carboxylic acids is 1. The predicted molar refractivity (Wildman–Crippen MR) is 70.7 cm³/mol. The summed E-state index contributed by atoms with van der Waals surface area (Å²) in [5.74, 6) is 0.152. The van der Waals surface area contributed by atoms with E-state index in [9.17, 15) is 14.7 Å². The molecule has 2 rings (SSSR count). The molecule has 1 aliphatic heterocycles. The van der Waals surface area contributed by atoms with Crippen LogP contribution in [-0.2, 0) is 9.59 Å². The van der Waals surface area contributed by atoms with Crippen LogP contribution < -0.4 is 9.47 Å². The second-order valence-electron chi connectivity index (χ2n) is 4.13. The molecule has 6 heteroatoms. The largest absolute Gasteiger partial charge is 0.481 e. The van der Waals surface area contributed by atoms with Crippen molar-refractivity contribution in [1.29, 1.82) is 0 Å². The second-order valence-corrected chi connectivity index (χ2v) is 5.40. The molecule has 19 heavy (non-hydrogen) atoms. The molecule has 0 saturated carbocycles. The van der Waals surface area contributed by atoms with Gasteiger partial charge in [-0.05, 0) is 24.1 Å². The van der Waals surface area contributed by atoms with E-state index in [0.717, 1.165) is 11.8 Å². The number of carbonyl (C=O) groups excluding carboxylic acids is 1. The fraction of sp³-hybridized carbons (Fsp3) is 0.385. The van der Waals surface area contributed by atoms with Crippen LogP contribution in [0, 0.1) is 0 Å². The minimum Gasteiger partial charge on any atom is -0.481 e. The summed E-state index contributed by atoms with van der Waals surface area (Å²) in [6, 6.07) is 5.13. The number of hydrogen-bond donors (Lipinski definition) is 1. The van der Waals surface area contributed by atoms with Crippen LogP contribution >= 0.6 is 11.8 Å². The van der Waals surface area contributed by atoms with E-state index in [2.05, 4.69) is 0 Å². The van der Waals surface area contributed by atoms with Gasteiger partial charge in [-0.25, -0.2) is 0 Å². The number of hydrogen-bond acceptors (Lipinski definition) is 5. The van der Waals surface area contributed by atoms with Gasteiger partial charge in [-0.3, -0.25) is 9.59 Å². The number of carboxylic acid groups (broad SMARTS) is 1. The smallest absolute Gasteiger partial charge is 0.311 e. The van der Waals surface area contributed by atoms with E-state index < -0.39 is 11.9 Å². The summed E-state index contributed by atoms with van der Waals surface area (Å²) in [4.78, 5) is 22.2. The molecule has 1 heterocycles. The number of thioether (sulfide) groups is 1. The summed E-state index contributed by atoms with van der Waals surface area (Å²) < 4.78 is 10.4. The molecular formula is C13H14O5S. The van der Waals surface area contributed by atoms with Crippen LogP contribution in [0.3, 0.4) is 0 Å². The van der Waals surface area contributed by atoms with Gasteiger partial charge in [0.05, 0.1) is 5.92 Å². The monoisotopic (exact) mass is 282 g/mol. The highest BCUT2D eigenvalue weighted by atomic mass is 32.2. The van der Waals surface area contributed by atoms with Crippen molar-refractivity contribution in [1.82, 2.24) is 0 Å². The third-order valence-corrected chi connectivity index (χ3v) is 3.66. The highest BCUT2D eigenvalue weighted by Crippen LogP contribution is 2.35. The lowest BCUT2D eigenvalue weighted by atomic mass is 9.96. The fourth-order valence-electron chi connectivity index (χ4n) is 1.88. The van der Waals surface area contributed by atoms with Crippen molar-refractivity contribution < 1.29 is 24.2 Å². The zero-order chi connectivity index (χ0) is 13.8. The number of rotatable bonds is 5. The molecule has 1 N–H and O–H groups in total. The molecule has 0 fully saturated rings. The van der Waals surface area contributed by atoms with Crippen molar-refractivity contribution in [2.24, 2.45) is 0 Å². The Labute approximate surface area is 114 Å². The van der Waals surface area contributed by atoms with Crippen molar-refractivity contribution >= 4 is 22.8 Å². The van der Waals surface area contributed by atoms with Gasteiger partial charge in [-0.2, -0.15) is 0 Å². The molecule has 0 aromatic heterocycles. The maximum absolute atomic E-state index is 11.3. The number of benzene rings is 1. The van der Waals surface area contributed by atoms with Crippen LogP contribution in [0.4, 0.5) is 0 Å². The van der Waals surface area contributed by atoms with Crippen LogP contribution in [0.25, 0.3) is 0 Å². The molecule has 1 aromatic carbocycles. The van der Waals surface area contributed by atoms with Crippen LogP contribution in [0.15, 0.2) is 18.2 Å². The minimum absolute atomic E-state index is 0.00479. The Bertz CT molecular complexity index is 500. The van der Waals surface area contributed by atoms with Crippen LogP contribution in [0.2, 0.25) is 0 Å². The zero-order valence-corrected chi connectivity index (χ0v) is 11.2. The topological polar surface area (TPSA) is 72.8 Å². The Kier molecular flexibility index (Phi) is 4.31. The van der Waals surface area contributed by atoms with E-state index in [0.29, 0.717) is 29.2 Å². The van der Waals surface area contributed by atoms with Crippen molar-refractivity contribution in [3.8, 4) is 11.5 Å². The standard InChI is InChI=1S/C13H14O5S/c1-8(14)19-5-4-10(13(15)16)9-2-3-11-12(6-9)18-7-17-11/h2-3,6,10H,4-5,7H2,1H3,(H,15,16)/t10-/m0/s1. The van der Waals surface area contributed by atoms with Gasteiger partial charge in [0.25, 0.3) is 0 Å². The van der Waals surface area contributed by atoms with E-state index in [1.807, 2.05) is 0 Å². The normalized spacial score (nSPS) is 14.2. The molecule has 0 amide bonds. The number of fused-ring (bicyclic) bond motifs is 1. The van der Waals surface area contributed by atoms with E-state index >= 15 is 0 Å². The minimum atomic E-state index is -0.900. The quantitative estimate of drug-likeness (QED) is 0.893. The molecule has 0 saturated heterocycles. The first-order valence-electron chi connectivity index (χ1n) is 5.83. The number of carbonyl (C=O) groups is 2. The third kappa shape index (κ3) is 3.41. The first-order chi connectivity index (χ1) is 9.08. The van der Waals surface area contributed by atoms with Gasteiger partial charge in [0.2, 0.25) is 6.79 Å². The molecule has 0 spiro atoms. The lowest BCUT2D eigenvalue weighted by Gasteiger charge is -2.12. The molecule has 0 radical (unpaired) electrons. The summed E-state index contributed by atoms with van der Waals surface area (Å²) in [5, 5.41) is 9.27. The molecule has 5 nitrogen and oxygen atoms in total. The Morgan fingerprint density at radius 3 is 2.79 bits per heavy atom. The Hall–Kier alpha value is -1.69. The molecular weight excluding hydrogens is 268 g/mol. The third-order valence-electron chi connectivity index (χ3n) is 2.81. The predicted octanol–water partition coefficient (Wildman–Crippen LogP) is 2.25. The molecule has 1 aliphatic rings. The van der Waals surface area contributed by atoms with Crippen LogP contribution in [-0.4, -0.2) is 28.7 Å². The van der Waals surface area contributed by atoms with Gasteiger partial charge >= 0.3 is 5.97 Å². The van der Waals surface area contributed by atoms with Crippen molar-refractivity contribution in [3.63, 3.8) is 0 Å². The number of carboxylic acids is 1. The molecule has 0 aliphatic carbocycles. The average molecular weight is 282 g/mol. The van der Waals surface area contributed by atoms with Crippen LogP contribution in [0.1, 0.15) is 24.8 Å². The van der Waals surface area contributed by atoms with Gasteiger partial charge in [-0.1, -0.05) is 17.8 Å². The van der Waals surface area contributed by atoms with Crippen molar-refractivity contribution in [2.75, 3.05) is 12.5 Å². The first kappa shape index (κ1) is 13.7. The summed E-state index contributed by atoms with van der Waals surface area (Å²) >= 11 is 1.14. The van der Waals surface area contributed by atoms with E-state index in [1.54, 1.807) is 18.2 Å². The maximum atomic E-state index is 11.3. The molecule has 1 aromatic rings. The summed E-state index contributed by atoms with van der Waals surface area (Å²) in [7, 11) is 0. The maximum Gasteiger partial charge on any atom is 0.311 e. The summed E-state index contributed by atoms with van der Waals surface area (Å²) in [6.45, 7) is 1.64.